The number of thioether (sulfide) groups is 1. The minimum atomic E-state index is -0.857. The van der Waals surface area contributed by atoms with E-state index in [0.717, 1.165) is 10.5 Å². The third-order valence-electron chi connectivity index (χ3n) is 2.73. The molecule has 2 aromatic carbocycles. The van der Waals surface area contributed by atoms with Crippen LogP contribution in [0.3, 0.4) is 0 Å². The number of benzene rings is 2. The summed E-state index contributed by atoms with van der Waals surface area (Å²) in [6.45, 7) is 0. The first kappa shape index (κ1) is 15.2. The Bertz CT molecular complexity index is 599. The van der Waals surface area contributed by atoms with Crippen LogP contribution in [-0.2, 0) is 11.2 Å². The van der Waals surface area contributed by atoms with Gasteiger partial charge in [-0.1, -0.05) is 41.4 Å². The van der Waals surface area contributed by atoms with Crippen molar-refractivity contribution >= 4 is 40.9 Å². The quantitative estimate of drug-likeness (QED) is 0.803. The molecule has 5 heteroatoms. The van der Waals surface area contributed by atoms with Gasteiger partial charge in [-0.15, -0.1) is 11.8 Å². The van der Waals surface area contributed by atoms with E-state index in [9.17, 15) is 9.90 Å². The molecule has 0 amide bonds. The maximum atomic E-state index is 11.4. The molecule has 0 aromatic heterocycles. The smallest absolute Gasteiger partial charge is 0.317 e. The Morgan fingerprint density at radius 1 is 1.10 bits per heavy atom. The molecule has 0 saturated heterocycles. The predicted molar refractivity (Wildman–Crippen MR) is 83.9 cm³/mol. The van der Waals surface area contributed by atoms with Crippen molar-refractivity contribution in [2.45, 2.75) is 16.6 Å². The van der Waals surface area contributed by atoms with Crippen molar-refractivity contribution in [2.75, 3.05) is 0 Å². The lowest BCUT2D eigenvalue weighted by molar-refractivity contribution is -0.136. The van der Waals surface area contributed by atoms with E-state index in [1.807, 2.05) is 30.3 Å². The van der Waals surface area contributed by atoms with Crippen molar-refractivity contribution in [1.29, 1.82) is 0 Å². The van der Waals surface area contributed by atoms with Crippen molar-refractivity contribution in [3.63, 3.8) is 0 Å². The topological polar surface area (TPSA) is 37.3 Å². The average Bonchev–Trinajstić information content (AvgIpc) is 2.42. The number of carboxylic acid groups (broad SMARTS) is 1. The van der Waals surface area contributed by atoms with Crippen LogP contribution in [0.4, 0.5) is 0 Å². The molecule has 0 aliphatic heterocycles. The van der Waals surface area contributed by atoms with Gasteiger partial charge in [-0.05, 0) is 42.3 Å². The fourth-order valence-corrected chi connectivity index (χ4v) is 3.04. The number of rotatable bonds is 5. The first-order chi connectivity index (χ1) is 9.56. The maximum absolute atomic E-state index is 11.4. The molecule has 0 radical (unpaired) electrons. The van der Waals surface area contributed by atoms with E-state index < -0.39 is 11.2 Å². The van der Waals surface area contributed by atoms with Crippen molar-refractivity contribution in [1.82, 2.24) is 0 Å². The largest absolute Gasteiger partial charge is 0.480 e. The Morgan fingerprint density at radius 3 is 2.35 bits per heavy atom. The molecule has 2 aromatic rings. The van der Waals surface area contributed by atoms with Gasteiger partial charge in [0, 0.05) is 14.9 Å². The number of carboxylic acids is 1. The molecular weight excluding hydrogens is 315 g/mol. The Labute approximate surface area is 131 Å². The van der Waals surface area contributed by atoms with Crippen LogP contribution in [0.5, 0.6) is 0 Å². The number of hydrogen-bond donors (Lipinski definition) is 1. The van der Waals surface area contributed by atoms with E-state index >= 15 is 0 Å². The molecule has 1 N–H and O–H groups in total. The van der Waals surface area contributed by atoms with E-state index in [4.69, 9.17) is 23.2 Å². The second kappa shape index (κ2) is 7.02. The number of aliphatic carboxylic acids is 1. The summed E-state index contributed by atoms with van der Waals surface area (Å²) < 4.78 is 0. The molecule has 1 atom stereocenters. The fraction of sp³-hybridized carbons (Fsp3) is 0.133. The standard InChI is InChI=1S/C15H12Cl2O2S/c16-11-5-7-12(8-6-11)20-14(15(18)19)9-10-3-1-2-4-13(10)17/h1-8,14H,9H2,(H,18,19)/t14-/m0/s1. The Balaban J connectivity index is 2.14. The minimum absolute atomic E-state index is 0.377. The highest BCUT2D eigenvalue weighted by Crippen LogP contribution is 2.29. The van der Waals surface area contributed by atoms with Crippen LogP contribution in [0.15, 0.2) is 53.4 Å². The molecule has 2 nitrogen and oxygen atoms in total. The van der Waals surface area contributed by atoms with Crippen LogP contribution in [0.25, 0.3) is 0 Å². The van der Waals surface area contributed by atoms with Crippen LogP contribution in [0.2, 0.25) is 10.0 Å². The lowest BCUT2D eigenvalue weighted by Gasteiger charge is -2.13. The molecule has 20 heavy (non-hydrogen) atoms. The van der Waals surface area contributed by atoms with Gasteiger partial charge >= 0.3 is 5.97 Å². The molecule has 0 saturated carbocycles. The van der Waals surface area contributed by atoms with Gasteiger partial charge in [-0.3, -0.25) is 4.79 Å². The molecule has 0 heterocycles. The molecule has 2 rings (SSSR count). The molecular formula is C15H12Cl2O2S. The zero-order valence-electron chi connectivity index (χ0n) is 10.4. The zero-order chi connectivity index (χ0) is 14.5. The lowest BCUT2D eigenvalue weighted by atomic mass is 10.1. The molecule has 0 spiro atoms. The van der Waals surface area contributed by atoms with Gasteiger partial charge in [-0.2, -0.15) is 0 Å². The highest BCUT2D eigenvalue weighted by atomic mass is 35.5. The molecule has 0 aliphatic rings. The Morgan fingerprint density at radius 2 is 1.75 bits per heavy atom. The van der Waals surface area contributed by atoms with Gasteiger partial charge in [0.25, 0.3) is 0 Å². The number of hydrogen-bond acceptors (Lipinski definition) is 2. The van der Waals surface area contributed by atoms with Gasteiger partial charge < -0.3 is 5.11 Å². The minimum Gasteiger partial charge on any atom is -0.480 e. The third kappa shape index (κ3) is 4.17. The normalized spacial score (nSPS) is 12.1. The first-order valence-corrected chi connectivity index (χ1v) is 7.58. The second-order valence-electron chi connectivity index (χ2n) is 4.19. The summed E-state index contributed by atoms with van der Waals surface area (Å²) in [4.78, 5) is 12.3. The Hall–Kier alpha value is -1.16. The second-order valence-corrected chi connectivity index (χ2v) is 6.31. The van der Waals surface area contributed by atoms with E-state index in [2.05, 4.69) is 0 Å². The van der Waals surface area contributed by atoms with Gasteiger partial charge in [0.05, 0.1) is 0 Å². The van der Waals surface area contributed by atoms with E-state index in [1.165, 1.54) is 11.8 Å². The monoisotopic (exact) mass is 326 g/mol. The van der Waals surface area contributed by atoms with Crippen molar-refractivity contribution in [3.8, 4) is 0 Å². The van der Waals surface area contributed by atoms with Crippen LogP contribution in [0.1, 0.15) is 5.56 Å². The van der Waals surface area contributed by atoms with Gasteiger partial charge in [-0.25, -0.2) is 0 Å². The summed E-state index contributed by atoms with van der Waals surface area (Å²) in [7, 11) is 0. The van der Waals surface area contributed by atoms with Gasteiger partial charge in [0.2, 0.25) is 0 Å². The molecule has 104 valence electrons. The maximum Gasteiger partial charge on any atom is 0.317 e. The number of carbonyl (C=O) groups is 1. The summed E-state index contributed by atoms with van der Waals surface area (Å²) in [5.41, 5.74) is 0.836. The lowest BCUT2D eigenvalue weighted by Crippen LogP contribution is -2.19. The number of halogens is 2. The summed E-state index contributed by atoms with van der Waals surface area (Å²) >= 11 is 13.2. The molecule has 0 bridgehead atoms. The first-order valence-electron chi connectivity index (χ1n) is 5.94. The van der Waals surface area contributed by atoms with Gasteiger partial charge in [0.15, 0.2) is 0 Å². The SMILES string of the molecule is O=C(O)[C@H](Cc1ccccc1Cl)Sc1ccc(Cl)cc1. The van der Waals surface area contributed by atoms with Crippen molar-refractivity contribution in [3.05, 3.63) is 64.1 Å². The van der Waals surface area contributed by atoms with Gasteiger partial charge in [0.1, 0.15) is 5.25 Å². The van der Waals surface area contributed by atoms with Crippen molar-refractivity contribution in [2.24, 2.45) is 0 Å². The Kier molecular flexibility index (Phi) is 5.35. The summed E-state index contributed by atoms with van der Waals surface area (Å²) in [5, 5.41) is 9.99. The third-order valence-corrected chi connectivity index (χ3v) is 4.55. The summed E-state index contributed by atoms with van der Waals surface area (Å²) in [6.07, 6.45) is 0.377. The van der Waals surface area contributed by atoms with Crippen LogP contribution >= 0.6 is 35.0 Å². The highest BCUT2D eigenvalue weighted by molar-refractivity contribution is 8.00. The van der Waals surface area contributed by atoms with E-state index in [0.29, 0.717) is 16.5 Å². The van der Waals surface area contributed by atoms with E-state index in [1.54, 1.807) is 18.2 Å². The molecule has 0 fully saturated rings. The predicted octanol–water partition coefficient (Wildman–Crippen LogP) is 4.78. The van der Waals surface area contributed by atoms with Crippen LogP contribution in [-0.4, -0.2) is 16.3 Å². The fourth-order valence-electron chi connectivity index (χ4n) is 1.72. The van der Waals surface area contributed by atoms with Crippen molar-refractivity contribution < 1.29 is 9.90 Å². The van der Waals surface area contributed by atoms with Crippen LogP contribution < -0.4 is 0 Å². The zero-order valence-corrected chi connectivity index (χ0v) is 12.8. The summed E-state index contributed by atoms with van der Waals surface area (Å²) in [6, 6.07) is 14.4. The molecule has 0 aliphatic carbocycles. The molecule has 0 unspecified atom stereocenters. The van der Waals surface area contributed by atoms with Crippen LogP contribution in [0, 0.1) is 0 Å². The summed E-state index contributed by atoms with van der Waals surface area (Å²) in [5.74, 6) is -0.857. The average molecular weight is 327 g/mol. The highest BCUT2D eigenvalue weighted by Gasteiger charge is 2.20. The van der Waals surface area contributed by atoms with E-state index in [-0.39, 0.29) is 0 Å².